The van der Waals surface area contributed by atoms with Gasteiger partial charge in [-0.15, -0.1) is 0 Å². The molecule has 0 saturated heterocycles. The van der Waals surface area contributed by atoms with Crippen LogP contribution in [0.25, 0.3) is 5.69 Å². The molecule has 0 aliphatic carbocycles. The number of carbonyl (C=O) groups is 1. The average molecular weight is 475 g/mol. The first kappa shape index (κ1) is 19.4. The van der Waals surface area contributed by atoms with Crippen LogP contribution in [-0.2, 0) is 7.05 Å². The molecule has 0 spiro atoms. The van der Waals surface area contributed by atoms with Crippen LogP contribution in [-0.4, -0.2) is 21.3 Å². The van der Waals surface area contributed by atoms with E-state index in [2.05, 4.69) is 22.6 Å². The first-order chi connectivity index (χ1) is 12.8. The third-order valence-corrected chi connectivity index (χ3v) is 5.54. The van der Waals surface area contributed by atoms with Crippen LogP contribution in [0, 0.1) is 10.5 Å². The van der Waals surface area contributed by atoms with Crippen molar-refractivity contribution in [2.75, 3.05) is 4.90 Å². The molecule has 6 heteroatoms. The highest BCUT2D eigenvalue weighted by molar-refractivity contribution is 14.1. The van der Waals surface area contributed by atoms with E-state index in [0.29, 0.717) is 11.3 Å². The predicted octanol–water partition coefficient (Wildman–Crippen LogP) is 4.14. The van der Waals surface area contributed by atoms with Crippen molar-refractivity contribution in [1.82, 2.24) is 9.36 Å². The number of rotatable bonds is 4. The van der Waals surface area contributed by atoms with Crippen molar-refractivity contribution in [3.63, 3.8) is 0 Å². The Morgan fingerprint density at radius 3 is 2.22 bits per heavy atom. The molecule has 3 rings (SSSR count). The minimum atomic E-state index is -0.200. The molecule has 1 heterocycles. The van der Waals surface area contributed by atoms with Gasteiger partial charge in [0, 0.05) is 16.7 Å². The third kappa shape index (κ3) is 3.45. The summed E-state index contributed by atoms with van der Waals surface area (Å²) in [6.45, 7) is 5.72. The summed E-state index contributed by atoms with van der Waals surface area (Å²) in [4.78, 5) is 28.3. The van der Waals surface area contributed by atoms with Gasteiger partial charge in [0.2, 0.25) is 0 Å². The van der Waals surface area contributed by atoms with Gasteiger partial charge >= 0.3 is 0 Å². The molecule has 0 N–H and O–H groups in total. The number of amides is 1. The highest BCUT2D eigenvalue weighted by Crippen LogP contribution is 2.24. The molecule has 0 atom stereocenters. The molecular weight excluding hydrogens is 453 g/mol. The number of nitrogens with zero attached hydrogens (tertiary/aromatic N) is 3. The molecule has 0 aliphatic rings. The van der Waals surface area contributed by atoms with E-state index in [1.54, 1.807) is 20.3 Å². The summed E-state index contributed by atoms with van der Waals surface area (Å²) >= 11 is 2.15. The van der Waals surface area contributed by atoms with Gasteiger partial charge in [0.15, 0.2) is 0 Å². The lowest BCUT2D eigenvalue weighted by Crippen LogP contribution is -2.40. The van der Waals surface area contributed by atoms with Gasteiger partial charge < -0.3 is 0 Å². The summed E-state index contributed by atoms with van der Waals surface area (Å²) in [5, 5.41) is 0. The van der Waals surface area contributed by atoms with E-state index in [9.17, 15) is 9.59 Å². The highest BCUT2D eigenvalue weighted by Gasteiger charge is 2.29. The zero-order valence-corrected chi connectivity index (χ0v) is 18.0. The fourth-order valence-corrected chi connectivity index (χ4v) is 3.81. The SMILES string of the molecule is Cc1c(N(C(=O)c2ccccc2I)C(C)C)c(=O)n(-c2ccccc2)n1C. The first-order valence-corrected chi connectivity index (χ1v) is 9.84. The Bertz CT molecular complexity index is 1040. The highest BCUT2D eigenvalue weighted by atomic mass is 127. The molecule has 1 amide bonds. The fraction of sp³-hybridized carbons (Fsp3) is 0.238. The quantitative estimate of drug-likeness (QED) is 0.533. The summed E-state index contributed by atoms with van der Waals surface area (Å²) in [7, 11) is 1.84. The average Bonchev–Trinajstić information content (AvgIpc) is 2.86. The third-order valence-electron chi connectivity index (χ3n) is 4.60. The van der Waals surface area contributed by atoms with Crippen molar-refractivity contribution in [2.24, 2.45) is 7.05 Å². The minimum Gasteiger partial charge on any atom is -0.299 e. The number of anilines is 1. The van der Waals surface area contributed by atoms with Gasteiger partial charge in [0.05, 0.1) is 16.9 Å². The zero-order chi connectivity index (χ0) is 19.7. The fourth-order valence-electron chi connectivity index (χ4n) is 3.19. The maximum absolute atomic E-state index is 13.3. The van der Waals surface area contributed by atoms with Crippen LogP contribution in [0.4, 0.5) is 5.69 Å². The lowest BCUT2D eigenvalue weighted by Gasteiger charge is -2.26. The molecule has 140 valence electrons. The van der Waals surface area contributed by atoms with Crippen LogP contribution in [0.1, 0.15) is 29.9 Å². The molecule has 3 aromatic rings. The van der Waals surface area contributed by atoms with Gasteiger partial charge in [0.1, 0.15) is 5.69 Å². The van der Waals surface area contributed by atoms with E-state index in [0.717, 1.165) is 15.0 Å². The van der Waals surface area contributed by atoms with Gasteiger partial charge in [-0.2, -0.15) is 0 Å². The maximum Gasteiger partial charge on any atom is 0.295 e. The van der Waals surface area contributed by atoms with Crippen molar-refractivity contribution in [2.45, 2.75) is 26.8 Å². The molecule has 5 nitrogen and oxygen atoms in total. The number of benzene rings is 2. The number of aromatic nitrogens is 2. The largest absolute Gasteiger partial charge is 0.299 e. The summed E-state index contributed by atoms with van der Waals surface area (Å²) < 4.78 is 4.26. The Balaban J connectivity index is 2.20. The Morgan fingerprint density at radius 1 is 1.04 bits per heavy atom. The monoisotopic (exact) mass is 475 g/mol. The Labute approximate surface area is 172 Å². The molecular formula is C21H22IN3O2. The van der Waals surface area contributed by atoms with Gasteiger partial charge in [-0.1, -0.05) is 30.3 Å². The molecule has 0 saturated carbocycles. The number of hydrogen-bond acceptors (Lipinski definition) is 2. The van der Waals surface area contributed by atoms with Crippen LogP contribution < -0.4 is 10.5 Å². The standard InChI is InChI=1S/C21H22IN3O2/c1-14(2)24(20(26)17-12-8-9-13-18(17)22)19-15(3)23(4)25(21(19)27)16-10-6-5-7-11-16/h5-14H,1-4H3. The summed E-state index contributed by atoms with van der Waals surface area (Å²) in [6.07, 6.45) is 0. The number of carbonyl (C=O) groups excluding carboxylic acids is 1. The van der Waals surface area contributed by atoms with Crippen molar-refractivity contribution >= 4 is 34.2 Å². The molecule has 0 radical (unpaired) electrons. The Hall–Kier alpha value is -2.35. The summed E-state index contributed by atoms with van der Waals surface area (Å²) in [5.41, 5.74) is 2.33. The topological polar surface area (TPSA) is 47.2 Å². The molecule has 2 aromatic carbocycles. The van der Waals surface area contributed by atoms with Gasteiger partial charge in [-0.3, -0.25) is 19.2 Å². The molecule has 0 fully saturated rings. The summed E-state index contributed by atoms with van der Waals surface area (Å²) in [5.74, 6) is -0.166. The van der Waals surface area contributed by atoms with Gasteiger partial charge in [-0.25, -0.2) is 4.68 Å². The second-order valence-electron chi connectivity index (χ2n) is 6.66. The summed E-state index contributed by atoms with van der Waals surface area (Å²) in [6, 6.07) is 16.7. The Kier molecular flexibility index (Phi) is 5.55. The minimum absolute atomic E-state index is 0.161. The normalized spacial score (nSPS) is 11.0. The van der Waals surface area contributed by atoms with E-state index in [-0.39, 0.29) is 17.5 Å². The van der Waals surface area contributed by atoms with Crippen LogP contribution in [0.5, 0.6) is 0 Å². The van der Waals surface area contributed by atoms with Crippen molar-refractivity contribution < 1.29 is 4.79 Å². The van der Waals surface area contributed by atoms with Crippen molar-refractivity contribution in [3.8, 4) is 5.69 Å². The number of halogens is 1. The smallest absolute Gasteiger partial charge is 0.295 e. The first-order valence-electron chi connectivity index (χ1n) is 8.76. The predicted molar refractivity (Wildman–Crippen MR) is 117 cm³/mol. The molecule has 0 unspecified atom stereocenters. The number of hydrogen-bond donors (Lipinski definition) is 0. The lowest BCUT2D eigenvalue weighted by atomic mass is 10.1. The molecule has 0 bridgehead atoms. The number of para-hydroxylation sites is 1. The lowest BCUT2D eigenvalue weighted by molar-refractivity contribution is 0.0979. The van der Waals surface area contributed by atoms with Crippen LogP contribution >= 0.6 is 22.6 Å². The van der Waals surface area contributed by atoms with Gasteiger partial charge in [0.25, 0.3) is 11.5 Å². The van der Waals surface area contributed by atoms with E-state index >= 15 is 0 Å². The van der Waals surface area contributed by atoms with Crippen molar-refractivity contribution in [1.29, 1.82) is 0 Å². The molecule has 27 heavy (non-hydrogen) atoms. The van der Waals surface area contributed by atoms with E-state index in [1.165, 1.54) is 0 Å². The second-order valence-corrected chi connectivity index (χ2v) is 7.82. The molecule has 0 aliphatic heterocycles. The maximum atomic E-state index is 13.3. The van der Waals surface area contributed by atoms with Crippen molar-refractivity contribution in [3.05, 3.63) is 79.8 Å². The molecule has 1 aromatic heterocycles. The zero-order valence-electron chi connectivity index (χ0n) is 15.8. The second kappa shape index (κ2) is 7.72. The van der Waals surface area contributed by atoms with E-state index in [1.807, 2.05) is 76.3 Å². The van der Waals surface area contributed by atoms with Crippen LogP contribution in [0.3, 0.4) is 0 Å². The van der Waals surface area contributed by atoms with E-state index in [4.69, 9.17) is 0 Å². The van der Waals surface area contributed by atoms with Gasteiger partial charge in [-0.05, 0) is 67.6 Å². The van der Waals surface area contributed by atoms with Crippen LogP contribution in [0.2, 0.25) is 0 Å². The Morgan fingerprint density at radius 2 is 1.63 bits per heavy atom. The van der Waals surface area contributed by atoms with E-state index < -0.39 is 0 Å². The van der Waals surface area contributed by atoms with Crippen LogP contribution in [0.15, 0.2) is 59.4 Å².